The van der Waals surface area contributed by atoms with E-state index in [1.54, 1.807) is 18.5 Å². The van der Waals surface area contributed by atoms with Crippen LogP contribution in [0.1, 0.15) is 52.0 Å². The van der Waals surface area contributed by atoms with Gasteiger partial charge < -0.3 is 9.32 Å². The Hall–Kier alpha value is -3.09. The second-order valence-electron chi connectivity index (χ2n) is 7.08. The number of carbonyl (C=O) groups is 1. The second-order valence-corrected chi connectivity index (χ2v) is 7.08. The average molecular weight is 380 g/mol. The molecule has 1 fully saturated rings. The van der Waals surface area contributed by atoms with Gasteiger partial charge in [0.1, 0.15) is 17.9 Å². The summed E-state index contributed by atoms with van der Waals surface area (Å²) in [6.45, 7) is 3.05. The molecule has 0 unspecified atom stereocenters. The van der Waals surface area contributed by atoms with Gasteiger partial charge in [-0.05, 0) is 37.5 Å². The second kappa shape index (κ2) is 7.88. The van der Waals surface area contributed by atoms with Crippen molar-refractivity contribution in [2.24, 2.45) is 0 Å². The molecule has 4 rings (SSSR count). The zero-order valence-electron chi connectivity index (χ0n) is 15.6. The SMILES string of the molecule is Cc1ncncc1C(=O)N1CCC[C@H](c2ncc(Cc3cccc(F)c3)o2)C1. The van der Waals surface area contributed by atoms with Crippen molar-refractivity contribution in [1.82, 2.24) is 19.9 Å². The van der Waals surface area contributed by atoms with Crippen molar-refractivity contribution in [2.45, 2.75) is 32.1 Å². The molecule has 1 aliphatic rings. The Kier molecular flexibility index (Phi) is 5.14. The first kappa shape index (κ1) is 18.3. The first-order valence-corrected chi connectivity index (χ1v) is 9.35. The van der Waals surface area contributed by atoms with Gasteiger partial charge in [0.15, 0.2) is 5.89 Å². The average Bonchev–Trinajstić information content (AvgIpc) is 3.16. The number of hydrogen-bond donors (Lipinski definition) is 0. The van der Waals surface area contributed by atoms with Gasteiger partial charge in [-0.3, -0.25) is 4.79 Å². The zero-order chi connectivity index (χ0) is 19.5. The number of carbonyl (C=O) groups excluding carboxylic acids is 1. The number of aryl methyl sites for hydroxylation is 1. The number of oxazole rings is 1. The third-order valence-electron chi connectivity index (χ3n) is 5.04. The Morgan fingerprint density at radius 1 is 1.32 bits per heavy atom. The molecule has 0 aliphatic carbocycles. The molecule has 0 N–H and O–H groups in total. The highest BCUT2D eigenvalue weighted by atomic mass is 19.1. The summed E-state index contributed by atoms with van der Waals surface area (Å²) in [6.07, 6.45) is 6.98. The number of piperidine rings is 1. The lowest BCUT2D eigenvalue weighted by atomic mass is 9.97. The van der Waals surface area contributed by atoms with Crippen LogP contribution in [0, 0.1) is 12.7 Å². The van der Waals surface area contributed by atoms with Crippen molar-refractivity contribution in [1.29, 1.82) is 0 Å². The standard InChI is InChI=1S/C21H21FN4O2/c1-14-19(11-23-13-25-14)21(27)26-7-3-5-16(12-26)20-24-10-18(28-20)9-15-4-2-6-17(22)8-15/h2,4,6,8,10-11,13,16H,3,5,7,9,12H2,1H3/t16-/m0/s1. The van der Waals surface area contributed by atoms with Crippen LogP contribution < -0.4 is 0 Å². The van der Waals surface area contributed by atoms with Crippen LogP contribution in [0.4, 0.5) is 4.39 Å². The van der Waals surface area contributed by atoms with Gasteiger partial charge in [-0.2, -0.15) is 0 Å². The highest BCUT2D eigenvalue weighted by Crippen LogP contribution is 2.28. The zero-order valence-corrected chi connectivity index (χ0v) is 15.6. The molecule has 0 radical (unpaired) electrons. The summed E-state index contributed by atoms with van der Waals surface area (Å²) in [7, 11) is 0. The molecule has 0 saturated carbocycles. The van der Waals surface area contributed by atoms with E-state index in [1.165, 1.54) is 18.5 Å². The lowest BCUT2D eigenvalue weighted by Crippen LogP contribution is -2.39. The van der Waals surface area contributed by atoms with Gasteiger partial charge in [-0.25, -0.2) is 19.3 Å². The first-order valence-electron chi connectivity index (χ1n) is 9.35. The minimum absolute atomic E-state index is 0.0453. The van der Waals surface area contributed by atoms with Crippen LogP contribution in [0.5, 0.6) is 0 Å². The highest BCUT2D eigenvalue weighted by molar-refractivity contribution is 5.95. The molecule has 1 aliphatic heterocycles. The summed E-state index contributed by atoms with van der Waals surface area (Å²) in [5.41, 5.74) is 2.04. The lowest BCUT2D eigenvalue weighted by Gasteiger charge is -2.31. The number of aromatic nitrogens is 3. The predicted molar refractivity (Wildman–Crippen MR) is 100 cm³/mol. The van der Waals surface area contributed by atoms with Crippen molar-refractivity contribution < 1.29 is 13.6 Å². The van der Waals surface area contributed by atoms with E-state index in [1.807, 2.05) is 17.9 Å². The number of hydrogen-bond acceptors (Lipinski definition) is 5. The third kappa shape index (κ3) is 3.93. The minimum atomic E-state index is -0.265. The van der Waals surface area contributed by atoms with Gasteiger partial charge in [0.05, 0.1) is 23.4 Å². The van der Waals surface area contributed by atoms with Crippen LogP contribution >= 0.6 is 0 Å². The summed E-state index contributed by atoms with van der Waals surface area (Å²) in [6, 6.07) is 6.45. The molecule has 1 amide bonds. The fourth-order valence-electron chi connectivity index (χ4n) is 3.58. The molecule has 7 heteroatoms. The van der Waals surface area contributed by atoms with Crippen molar-refractivity contribution >= 4 is 5.91 Å². The lowest BCUT2D eigenvalue weighted by molar-refractivity contribution is 0.0696. The molecule has 1 atom stereocenters. The summed E-state index contributed by atoms with van der Waals surface area (Å²) >= 11 is 0. The van der Waals surface area contributed by atoms with E-state index < -0.39 is 0 Å². The summed E-state index contributed by atoms with van der Waals surface area (Å²) in [5.74, 6) is 1.04. The molecule has 3 aromatic rings. The van der Waals surface area contributed by atoms with Gasteiger partial charge in [0, 0.05) is 25.7 Å². The van der Waals surface area contributed by atoms with E-state index in [0.29, 0.717) is 42.4 Å². The van der Waals surface area contributed by atoms with Crippen molar-refractivity contribution in [3.8, 4) is 0 Å². The number of nitrogens with zero attached hydrogens (tertiary/aromatic N) is 4. The monoisotopic (exact) mass is 380 g/mol. The number of halogens is 1. The molecule has 2 aromatic heterocycles. The summed E-state index contributed by atoms with van der Waals surface area (Å²) < 4.78 is 19.3. The number of likely N-dealkylation sites (tertiary alicyclic amines) is 1. The van der Waals surface area contributed by atoms with Gasteiger partial charge in [0.25, 0.3) is 5.91 Å². The molecule has 0 bridgehead atoms. The van der Waals surface area contributed by atoms with E-state index >= 15 is 0 Å². The number of amides is 1. The van der Waals surface area contributed by atoms with Gasteiger partial charge in [-0.15, -0.1) is 0 Å². The topological polar surface area (TPSA) is 72.1 Å². The maximum Gasteiger partial charge on any atom is 0.257 e. The molecule has 0 spiro atoms. The molecule has 3 heterocycles. The smallest absolute Gasteiger partial charge is 0.257 e. The largest absolute Gasteiger partial charge is 0.445 e. The molecule has 6 nitrogen and oxygen atoms in total. The normalized spacial score (nSPS) is 16.9. The van der Waals surface area contributed by atoms with E-state index in [9.17, 15) is 9.18 Å². The van der Waals surface area contributed by atoms with Crippen LogP contribution in [0.15, 0.2) is 47.4 Å². The molecular weight excluding hydrogens is 359 g/mol. The Labute approximate surface area is 162 Å². The van der Waals surface area contributed by atoms with E-state index in [2.05, 4.69) is 15.0 Å². The van der Waals surface area contributed by atoms with E-state index in [0.717, 1.165) is 18.4 Å². The summed E-state index contributed by atoms with van der Waals surface area (Å²) in [4.78, 5) is 27.1. The highest BCUT2D eigenvalue weighted by Gasteiger charge is 2.29. The van der Waals surface area contributed by atoms with Crippen LogP contribution in [0.2, 0.25) is 0 Å². The van der Waals surface area contributed by atoms with E-state index in [-0.39, 0.29) is 17.6 Å². The maximum absolute atomic E-state index is 13.4. The predicted octanol–water partition coefficient (Wildman–Crippen LogP) is 3.52. The minimum Gasteiger partial charge on any atom is -0.445 e. The number of rotatable bonds is 4. The Morgan fingerprint density at radius 3 is 3.04 bits per heavy atom. The molecule has 1 aromatic carbocycles. The van der Waals surface area contributed by atoms with Crippen LogP contribution in [-0.2, 0) is 6.42 Å². The third-order valence-corrected chi connectivity index (χ3v) is 5.04. The van der Waals surface area contributed by atoms with Crippen LogP contribution in [0.25, 0.3) is 0 Å². The Bertz CT molecular complexity index is 988. The van der Waals surface area contributed by atoms with E-state index in [4.69, 9.17) is 4.42 Å². The van der Waals surface area contributed by atoms with Crippen molar-refractivity contribution in [3.63, 3.8) is 0 Å². The van der Waals surface area contributed by atoms with Crippen molar-refractivity contribution in [3.05, 3.63) is 77.3 Å². The fraction of sp³-hybridized carbons (Fsp3) is 0.333. The quantitative estimate of drug-likeness (QED) is 0.692. The van der Waals surface area contributed by atoms with Crippen LogP contribution in [0.3, 0.4) is 0 Å². The molecule has 28 heavy (non-hydrogen) atoms. The molecule has 144 valence electrons. The molecule has 1 saturated heterocycles. The Morgan fingerprint density at radius 2 is 2.21 bits per heavy atom. The maximum atomic E-state index is 13.4. The van der Waals surface area contributed by atoms with Crippen LogP contribution in [-0.4, -0.2) is 38.8 Å². The number of benzene rings is 1. The van der Waals surface area contributed by atoms with Gasteiger partial charge in [-0.1, -0.05) is 12.1 Å². The van der Waals surface area contributed by atoms with Gasteiger partial charge >= 0.3 is 0 Å². The fourth-order valence-corrected chi connectivity index (χ4v) is 3.58. The molecular formula is C21H21FN4O2. The van der Waals surface area contributed by atoms with Gasteiger partial charge in [0.2, 0.25) is 0 Å². The van der Waals surface area contributed by atoms with Crippen molar-refractivity contribution in [2.75, 3.05) is 13.1 Å². The summed E-state index contributed by atoms with van der Waals surface area (Å²) in [5, 5.41) is 0. The first-order chi connectivity index (χ1) is 13.6. The Balaban J connectivity index is 1.46.